The molecule has 0 aliphatic carbocycles. The number of likely N-dealkylation sites (tertiary alicyclic amines) is 1. The molecule has 2 unspecified atom stereocenters. The van der Waals surface area contributed by atoms with Gasteiger partial charge < -0.3 is 20.1 Å². The van der Waals surface area contributed by atoms with Crippen molar-refractivity contribution in [1.82, 2.24) is 10.2 Å². The quantitative estimate of drug-likeness (QED) is 0.731. The molecule has 25 heavy (non-hydrogen) atoms. The number of hydrogen-bond acceptors (Lipinski definition) is 4. The van der Waals surface area contributed by atoms with E-state index in [2.05, 4.69) is 5.32 Å². The van der Waals surface area contributed by atoms with Gasteiger partial charge in [-0.05, 0) is 24.8 Å². The molecule has 7 nitrogen and oxygen atoms in total. The van der Waals surface area contributed by atoms with E-state index in [0.29, 0.717) is 32.4 Å². The van der Waals surface area contributed by atoms with E-state index in [9.17, 15) is 14.4 Å². The van der Waals surface area contributed by atoms with Gasteiger partial charge in [-0.25, -0.2) is 4.79 Å². The van der Waals surface area contributed by atoms with Gasteiger partial charge in [0.25, 0.3) is 0 Å². The smallest absolute Gasteiger partial charge is 0.317 e. The van der Waals surface area contributed by atoms with Gasteiger partial charge in [0, 0.05) is 25.6 Å². The van der Waals surface area contributed by atoms with Crippen molar-refractivity contribution in [2.45, 2.75) is 31.7 Å². The molecule has 0 bridgehead atoms. The van der Waals surface area contributed by atoms with Gasteiger partial charge in [-0.15, -0.1) is 0 Å². The molecule has 136 valence electrons. The van der Waals surface area contributed by atoms with Crippen molar-refractivity contribution in [3.05, 3.63) is 35.9 Å². The van der Waals surface area contributed by atoms with Crippen LogP contribution < -0.4 is 5.32 Å². The number of nitrogens with one attached hydrogen (secondary N) is 1. The Morgan fingerprint density at radius 1 is 1.32 bits per heavy atom. The lowest BCUT2D eigenvalue weighted by atomic mass is 10.0. The number of carboxylic acids is 1. The molecule has 2 rings (SSSR count). The molecule has 0 saturated carbocycles. The monoisotopic (exact) mass is 348 g/mol. The molecule has 2 atom stereocenters. The molecule has 1 aliphatic rings. The van der Waals surface area contributed by atoms with E-state index in [1.54, 1.807) is 4.90 Å². The highest BCUT2D eigenvalue weighted by Crippen LogP contribution is 2.18. The number of urea groups is 1. The molecule has 1 aromatic carbocycles. The van der Waals surface area contributed by atoms with Crippen LogP contribution in [0, 0.1) is 5.92 Å². The third kappa shape index (κ3) is 5.77. The summed E-state index contributed by atoms with van der Waals surface area (Å²) in [5.74, 6) is -1.48. The van der Waals surface area contributed by atoms with E-state index in [0.717, 1.165) is 5.56 Å². The first kappa shape index (κ1) is 18.8. The molecule has 2 N–H and O–H groups in total. The van der Waals surface area contributed by atoms with Crippen molar-refractivity contribution in [3.63, 3.8) is 0 Å². The highest BCUT2D eigenvalue weighted by atomic mass is 16.5. The topological polar surface area (TPSA) is 95.9 Å². The van der Waals surface area contributed by atoms with E-state index >= 15 is 0 Å². The van der Waals surface area contributed by atoms with Crippen molar-refractivity contribution in [3.8, 4) is 0 Å². The van der Waals surface area contributed by atoms with E-state index < -0.39 is 5.97 Å². The standard InChI is InChI=1S/C18H24N2O5/c1-25-17(23)14-9-10-20(12-14)18(24)19-15(7-8-16(21)22)11-13-5-3-2-4-6-13/h2-6,14-15H,7-12H2,1H3,(H,19,24)(H,21,22). The minimum absolute atomic E-state index is 0.0113. The van der Waals surface area contributed by atoms with Crippen LogP contribution in [0.4, 0.5) is 4.79 Å². The molecular formula is C18H24N2O5. The Hall–Kier alpha value is -2.57. The van der Waals surface area contributed by atoms with Gasteiger partial charge in [0.1, 0.15) is 0 Å². The molecule has 7 heteroatoms. The van der Waals surface area contributed by atoms with Crippen LogP contribution in [0.15, 0.2) is 30.3 Å². The largest absolute Gasteiger partial charge is 0.481 e. The number of esters is 1. The first-order chi connectivity index (χ1) is 12.0. The maximum absolute atomic E-state index is 12.5. The van der Waals surface area contributed by atoms with Crippen LogP contribution in [-0.2, 0) is 20.7 Å². The zero-order valence-electron chi connectivity index (χ0n) is 14.3. The molecule has 1 aliphatic heterocycles. The second kappa shape index (κ2) is 9.05. The number of carbonyl (C=O) groups is 3. The number of hydrogen-bond donors (Lipinski definition) is 2. The molecular weight excluding hydrogens is 324 g/mol. The van der Waals surface area contributed by atoms with E-state index in [1.165, 1.54) is 7.11 Å². The highest BCUT2D eigenvalue weighted by molar-refractivity contribution is 5.78. The van der Waals surface area contributed by atoms with Crippen molar-refractivity contribution in [2.24, 2.45) is 5.92 Å². The summed E-state index contributed by atoms with van der Waals surface area (Å²) < 4.78 is 4.72. The van der Waals surface area contributed by atoms with E-state index in [-0.39, 0.29) is 30.4 Å². The number of nitrogens with zero attached hydrogens (tertiary/aromatic N) is 1. The Labute approximate surface area is 147 Å². The second-order valence-corrected chi connectivity index (χ2v) is 6.22. The average Bonchev–Trinajstić information content (AvgIpc) is 3.10. The normalized spacial score (nSPS) is 17.8. The first-order valence-electron chi connectivity index (χ1n) is 8.38. The van der Waals surface area contributed by atoms with Crippen LogP contribution >= 0.6 is 0 Å². The number of ether oxygens (including phenoxy) is 1. The molecule has 0 aromatic heterocycles. The lowest BCUT2D eigenvalue weighted by Crippen LogP contribution is -2.45. The van der Waals surface area contributed by atoms with Crippen LogP contribution in [0.5, 0.6) is 0 Å². The van der Waals surface area contributed by atoms with Crippen molar-refractivity contribution < 1.29 is 24.2 Å². The number of carboxylic acid groups (broad SMARTS) is 1. The maximum atomic E-state index is 12.5. The van der Waals surface area contributed by atoms with Gasteiger partial charge in [-0.1, -0.05) is 30.3 Å². The summed E-state index contributed by atoms with van der Waals surface area (Å²) >= 11 is 0. The van der Waals surface area contributed by atoms with E-state index in [1.807, 2.05) is 30.3 Å². The number of amides is 2. The lowest BCUT2D eigenvalue weighted by Gasteiger charge is -2.23. The predicted octanol–water partition coefficient (Wildman–Crippen LogP) is 1.67. The summed E-state index contributed by atoms with van der Waals surface area (Å²) in [6.45, 7) is 0.818. The zero-order valence-corrected chi connectivity index (χ0v) is 14.3. The minimum atomic E-state index is -0.890. The Kier molecular flexibility index (Phi) is 6.80. The van der Waals surface area contributed by atoms with Crippen LogP contribution in [0.25, 0.3) is 0 Å². The summed E-state index contributed by atoms with van der Waals surface area (Å²) in [6, 6.07) is 9.08. The number of benzene rings is 1. The predicted molar refractivity (Wildman–Crippen MR) is 91.0 cm³/mol. The fraction of sp³-hybridized carbons (Fsp3) is 0.500. The van der Waals surface area contributed by atoms with Crippen LogP contribution in [0.1, 0.15) is 24.8 Å². The van der Waals surface area contributed by atoms with Gasteiger partial charge in [0.2, 0.25) is 0 Å². The minimum Gasteiger partial charge on any atom is -0.481 e. The molecule has 0 spiro atoms. The first-order valence-corrected chi connectivity index (χ1v) is 8.38. The Bertz CT molecular complexity index is 605. The number of rotatable bonds is 7. The van der Waals surface area contributed by atoms with Crippen molar-refractivity contribution in [1.29, 1.82) is 0 Å². The summed E-state index contributed by atoms with van der Waals surface area (Å²) in [6.07, 6.45) is 1.49. The summed E-state index contributed by atoms with van der Waals surface area (Å²) in [4.78, 5) is 36.5. The molecule has 0 radical (unpaired) electrons. The second-order valence-electron chi connectivity index (χ2n) is 6.22. The van der Waals surface area contributed by atoms with Crippen molar-refractivity contribution in [2.75, 3.05) is 20.2 Å². The van der Waals surface area contributed by atoms with Gasteiger partial charge in [0.15, 0.2) is 0 Å². The molecule has 2 amide bonds. The summed E-state index contributed by atoms with van der Waals surface area (Å²) in [5.41, 5.74) is 1.03. The van der Waals surface area contributed by atoms with Gasteiger partial charge in [-0.2, -0.15) is 0 Å². The highest BCUT2D eigenvalue weighted by Gasteiger charge is 2.32. The summed E-state index contributed by atoms with van der Waals surface area (Å²) in [7, 11) is 1.34. The number of aliphatic carboxylic acids is 1. The molecule has 1 aromatic rings. The Morgan fingerprint density at radius 2 is 2.04 bits per heavy atom. The SMILES string of the molecule is COC(=O)C1CCN(C(=O)NC(CCC(=O)O)Cc2ccccc2)C1. The molecule has 1 fully saturated rings. The van der Waals surface area contributed by atoms with Crippen LogP contribution in [-0.4, -0.2) is 54.2 Å². The van der Waals surface area contributed by atoms with Gasteiger partial charge in [0.05, 0.1) is 13.0 Å². The third-order valence-electron chi connectivity index (χ3n) is 4.37. The molecule has 1 heterocycles. The van der Waals surface area contributed by atoms with Crippen molar-refractivity contribution >= 4 is 18.0 Å². The fourth-order valence-electron chi connectivity index (χ4n) is 2.99. The fourth-order valence-corrected chi connectivity index (χ4v) is 2.99. The zero-order chi connectivity index (χ0) is 18.2. The van der Waals surface area contributed by atoms with Crippen LogP contribution in [0.2, 0.25) is 0 Å². The Morgan fingerprint density at radius 3 is 2.68 bits per heavy atom. The van der Waals surface area contributed by atoms with Gasteiger partial charge >= 0.3 is 18.0 Å². The van der Waals surface area contributed by atoms with Gasteiger partial charge in [-0.3, -0.25) is 9.59 Å². The average molecular weight is 348 g/mol. The van der Waals surface area contributed by atoms with E-state index in [4.69, 9.17) is 9.84 Å². The maximum Gasteiger partial charge on any atom is 0.317 e. The summed E-state index contributed by atoms with van der Waals surface area (Å²) in [5, 5.41) is 11.8. The number of methoxy groups -OCH3 is 1. The lowest BCUT2D eigenvalue weighted by molar-refractivity contribution is -0.144. The number of carbonyl (C=O) groups excluding carboxylic acids is 2. The van der Waals surface area contributed by atoms with Crippen LogP contribution in [0.3, 0.4) is 0 Å². The Balaban J connectivity index is 1.94. The third-order valence-corrected chi connectivity index (χ3v) is 4.37. The molecule has 1 saturated heterocycles.